The van der Waals surface area contributed by atoms with Gasteiger partial charge in [0, 0.05) is 13.5 Å². The van der Waals surface area contributed by atoms with E-state index in [1.807, 2.05) is 0 Å². The maximum atomic E-state index is 13.3. The highest BCUT2D eigenvalue weighted by atomic mass is 19.3. The van der Waals surface area contributed by atoms with E-state index in [4.69, 9.17) is 5.11 Å². The molecule has 1 aromatic heterocycles. The molecule has 5 heteroatoms. The molecule has 0 saturated carbocycles. The maximum absolute atomic E-state index is 13.3. The molecule has 1 aromatic carbocycles. The molecule has 16 heavy (non-hydrogen) atoms. The van der Waals surface area contributed by atoms with E-state index in [2.05, 4.69) is 4.98 Å². The lowest BCUT2D eigenvalue weighted by atomic mass is 10.3. The van der Waals surface area contributed by atoms with Crippen LogP contribution in [0.4, 0.5) is 8.78 Å². The van der Waals surface area contributed by atoms with Gasteiger partial charge in [-0.25, -0.2) is 4.98 Å². The standard InChI is InChI=1S/C11H12F2N2O/c1-11(12,13)10-14-8-4-2-3-5-9(8)15(10)6-7-16/h2-5,16H,6-7H2,1H3. The molecular formula is C11H12F2N2O. The first-order chi connectivity index (χ1) is 7.54. The van der Waals surface area contributed by atoms with Gasteiger partial charge in [0.15, 0.2) is 5.82 Å². The van der Waals surface area contributed by atoms with E-state index in [0.29, 0.717) is 11.0 Å². The summed E-state index contributed by atoms with van der Waals surface area (Å²) in [5.41, 5.74) is 1.14. The van der Waals surface area contributed by atoms with Crippen LogP contribution < -0.4 is 0 Å². The molecule has 0 saturated heterocycles. The number of imidazole rings is 1. The summed E-state index contributed by atoms with van der Waals surface area (Å²) in [6, 6.07) is 6.90. The second-order valence-electron chi connectivity index (χ2n) is 3.69. The number of alkyl halides is 2. The summed E-state index contributed by atoms with van der Waals surface area (Å²) < 4.78 is 28.0. The van der Waals surface area contributed by atoms with Gasteiger partial charge in [0.2, 0.25) is 0 Å². The summed E-state index contributed by atoms with van der Waals surface area (Å²) in [7, 11) is 0. The molecule has 0 aliphatic heterocycles. The summed E-state index contributed by atoms with van der Waals surface area (Å²) >= 11 is 0. The van der Waals surface area contributed by atoms with Crippen molar-refractivity contribution in [1.29, 1.82) is 0 Å². The van der Waals surface area contributed by atoms with Gasteiger partial charge >= 0.3 is 5.92 Å². The van der Waals surface area contributed by atoms with Crippen molar-refractivity contribution < 1.29 is 13.9 Å². The Hall–Kier alpha value is -1.49. The minimum atomic E-state index is -3.01. The first kappa shape index (κ1) is 11.0. The molecule has 0 radical (unpaired) electrons. The van der Waals surface area contributed by atoms with E-state index in [1.165, 1.54) is 4.57 Å². The van der Waals surface area contributed by atoms with Gasteiger partial charge in [-0.2, -0.15) is 8.78 Å². The molecule has 2 rings (SSSR count). The number of para-hydroxylation sites is 2. The van der Waals surface area contributed by atoms with Crippen molar-refractivity contribution in [3.8, 4) is 0 Å². The smallest absolute Gasteiger partial charge is 0.302 e. The topological polar surface area (TPSA) is 38.0 Å². The van der Waals surface area contributed by atoms with Gasteiger partial charge in [-0.05, 0) is 12.1 Å². The summed E-state index contributed by atoms with van der Waals surface area (Å²) in [5.74, 6) is -3.31. The van der Waals surface area contributed by atoms with Crippen LogP contribution in [0, 0.1) is 0 Å². The number of aliphatic hydroxyl groups excluding tert-OH is 1. The molecule has 1 N–H and O–H groups in total. The van der Waals surface area contributed by atoms with Gasteiger partial charge in [-0.15, -0.1) is 0 Å². The van der Waals surface area contributed by atoms with E-state index in [-0.39, 0.29) is 19.0 Å². The van der Waals surface area contributed by atoms with Crippen molar-refractivity contribution in [3.63, 3.8) is 0 Å². The minimum absolute atomic E-state index is 0.124. The van der Waals surface area contributed by atoms with Crippen LogP contribution in [0.2, 0.25) is 0 Å². The van der Waals surface area contributed by atoms with Gasteiger partial charge < -0.3 is 9.67 Å². The normalized spacial score (nSPS) is 12.2. The molecule has 0 atom stereocenters. The van der Waals surface area contributed by atoms with Crippen LogP contribution in [0.15, 0.2) is 24.3 Å². The maximum Gasteiger partial charge on any atom is 0.302 e. The Balaban J connectivity index is 2.68. The number of hydrogen-bond donors (Lipinski definition) is 1. The molecular weight excluding hydrogens is 214 g/mol. The Morgan fingerprint density at radius 1 is 1.38 bits per heavy atom. The van der Waals surface area contributed by atoms with Gasteiger partial charge in [-0.3, -0.25) is 0 Å². The molecule has 2 aromatic rings. The van der Waals surface area contributed by atoms with Crippen LogP contribution >= 0.6 is 0 Å². The molecule has 0 amide bonds. The molecule has 1 heterocycles. The molecule has 0 aliphatic rings. The Labute approximate surface area is 91.3 Å². The Morgan fingerprint density at radius 3 is 2.69 bits per heavy atom. The van der Waals surface area contributed by atoms with Crippen molar-refractivity contribution >= 4 is 11.0 Å². The number of hydrogen-bond acceptors (Lipinski definition) is 2. The van der Waals surface area contributed by atoms with Crippen LogP contribution in [-0.2, 0) is 12.5 Å². The van der Waals surface area contributed by atoms with E-state index < -0.39 is 5.92 Å². The molecule has 0 fully saturated rings. The number of halogens is 2. The molecule has 0 aliphatic carbocycles. The second-order valence-corrected chi connectivity index (χ2v) is 3.69. The highest BCUT2D eigenvalue weighted by Gasteiger charge is 2.31. The quantitative estimate of drug-likeness (QED) is 0.870. The predicted molar refractivity (Wildman–Crippen MR) is 56.4 cm³/mol. The fourth-order valence-corrected chi connectivity index (χ4v) is 1.74. The second kappa shape index (κ2) is 3.83. The van der Waals surface area contributed by atoms with Crippen molar-refractivity contribution in [3.05, 3.63) is 30.1 Å². The van der Waals surface area contributed by atoms with E-state index in [0.717, 1.165) is 6.92 Å². The number of fused-ring (bicyclic) bond motifs is 1. The number of aliphatic hydroxyl groups is 1. The fraction of sp³-hybridized carbons (Fsp3) is 0.364. The third-order valence-electron chi connectivity index (χ3n) is 2.37. The van der Waals surface area contributed by atoms with Crippen LogP contribution in [-0.4, -0.2) is 21.3 Å². The van der Waals surface area contributed by atoms with Crippen molar-refractivity contribution in [2.24, 2.45) is 0 Å². The lowest BCUT2D eigenvalue weighted by molar-refractivity contribution is 0.00398. The highest BCUT2D eigenvalue weighted by Crippen LogP contribution is 2.29. The summed E-state index contributed by atoms with van der Waals surface area (Å²) in [5, 5.41) is 8.89. The molecule has 0 bridgehead atoms. The zero-order valence-electron chi connectivity index (χ0n) is 8.82. The van der Waals surface area contributed by atoms with Crippen LogP contribution in [0.5, 0.6) is 0 Å². The first-order valence-electron chi connectivity index (χ1n) is 4.98. The van der Waals surface area contributed by atoms with E-state index in [9.17, 15) is 8.78 Å². The van der Waals surface area contributed by atoms with Gasteiger partial charge in [0.05, 0.1) is 17.6 Å². The van der Waals surface area contributed by atoms with Crippen molar-refractivity contribution in [1.82, 2.24) is 9.55 Å². The van der Waals surface area contributed by atoms with Crippen molar-refractivity contribution in [2.45, 2.75) is 19.4 Å². The third-order valence-corrected chi connectivity index (χ3v) is 2.37. The van der Waals surface area contributed by atoms with Gasteiger partial charge in [0.25, 0.3) is 0 Å². The number of benzene rings is 1. The number of nitrogens with zero attached hydrogens (tertiary/aromatic N) is 2. The first-order valence-corrected chi connectivity index (χ1v) is 4.98. The summed E-state index contributed by atoms with van der Waals surface area (Å²) in [6.45, 7) is 0.741. The Kier molecular flexibility index (Phi) is 2.63. The fourth-order valence-electron chi connectivity index (χ4n) is 1.74. The summed E-state index contributed by atoms with van der Waals surface area (Å²) in [6.07, 6.45) is 0. The van der Waals surface area contributed by atoms with Crippen LogP contribution in [0.3, 0.4) is 0 Å². The molecule has 0 unspecified atom stereocenters. The number of aromatic nitrogens is 2. The van der Waals surface area contributed by atoms with Crippen molar-refractivity contribution in [2.75, 3.05) is 6.61 Å². The van der Waals surface area contributed by atoms with Crippen LogP contribution in [0.25, 0.3) is 11.0 Å². The lowest BCUT2D eigenvalue weighted by Gasteiger charge is -2.12. The summed E-state index contributed by atoms with van der Waals surface area (Å²) in [4.78, 5) is 3.90. The average molecular weight is 226 g/mol. The van der Waals surface area contributed by atoms with E-state index in [1.54, 1.807) is 24.3 Å². The van der Waals surface area contributed by atoms with Crippen LogP contribution in [0.1, 0.15) is 12.7 Å². The van der Waals surface area contributed by atoms with Gasteiger partial charge in [-0.1, -0.05) is 12.1 Å². The zero-order valence-corrected chi connectivity index (χ0v) is 8.82. The zero-order chi connectivity index (χ0) is 11.8. The van der Waals surface area contributed by atoms with E-state index >= 15 is 0 Å². The third kappa shape index (κ3) is 1.78. The van der Waals surface area contributed by atoms with Gasteiger partial charge in [0.1, 0.15) is 0 Å². The number of rotatable bonds is 3. The molecule has 0 spiro atoms. The Morgan fingerprint density at radius 2 is 2.06 bits per heavy atom. The Bertz CT molecular complexity index is 502. The molecule has 86 valence electrons. The highest BCUT2D eigenvalue weighted by molar-refractivity contribution is 5.76. The largest absolute Gasteiger partial charge is 0.395 e. The lowest BCUT2D eigenvalue weighted by Crippen LogP contribution is -2.17. The SMILES string of the molecule is CC(F)(F)c1nc2ccccc2n1CCO. The monoisotopic (exact) mass is 226 g/mol. The predicted octanol–water partition coefficient (Wildman–Crippen LogP) is 2.14. The molecule has 3 nitrogen and oxygen atoms in total. The minimum Gasteiger partial charge on any atom is -0.395 e. The average Bonchev–Trinajstić information content (AvgIpc) is 2.58.